The number of carbonyl (C=O) groups is 2. The zero-order valence-electron chi connectivity index (χ0n) is 10.9. The van der Waals surface area contributed by atoms with Crippen molar-refractivity contribution in [1.82, 2.24) is 0 Å². The number of nitrogens with one attached hydrogen (secondary N) is 1. The molecule has 0 aliphatic rings. The van der Waals surface area contributed by atoms with Gasteiger partial charge >= 0.3 is 0 Å². The lowest BCUT2D eigenvalue weighted by atomic mass is 10.1. The molecule has 0 saturated heterocycles. The third-order valence-corrected chi connectivity index (χ3v) is 2.37. The lowest BCUT2D eigenvalue weighted by Gasteiger charge is -2.13. The molecule has 2 amide bonds. The van der Waals surface area contributed by atoms with Crippen molar-refractivity contribution in [2.24, 2.45) is 11.5 Å². The molecule has 0 fully saturated rings. The molecule has 6 heteroatoms. The van der Waals surface area contributed by atoms with E-state index in [2.05, 4.69) is 5.32 Å². The fourth-order valence-electron chi connectivity index (χ4n) is 1.46. The monoisotopic (exact) mass is 265 g/mol. The summed E-state index contributed by atoms with van der Waals surface area (Å²) >= 11 is 0. The van der Waals surface area contributed by atoms with E-state index in [1.807, 2.05) is 6.92 Å². The molecule has 104 valence electrons. The highest BCUT2D eigenvalue weighted by Gasteiger charge is 2.11. The van der Waals surface area contributed by atoms with Gasteiger partial charge in [-0.2, -0.15) is 0 Å². The van der Waals surface area contributed by atoms with Crippen LogP contribution < -0.4 is 21.5 Å². The second-order valence-electron chi connectivity index (χ2n) is 4.01. The fourth-order valence-corrected chi connectivity index (χ4v) is 1.46. The highest BCUT2D eigenvalue weighted by molar-refractivity contribution is 5.97. The molecular weight excluding hydrogens is 246 g/mol. The van der Waals surface area contributed by atoms with Crippen LogP contribution in [0.4, 0.5) is 5.69 Å². The summed E-state index contributed by atoms with van der Waals surface area (Å²) in [5.41, 5.74) is 11.3. The van der Waals surface area contributed by atoms with Crippen molar-refractivity contribution in [3.8, 4) is 5.75 Å². The largest absolute Gasteiger partial charge is 0.491 e. The molecule has 5 N–H and O–H groups in total. The van der Waals surface area contributed by atoms with Crippen LogP contribution in [0.25, 0.3) is 0 Å². The molecule has 0 unspecified atom stereocenters. The van der Waals surface area contributed by atoms with Crippen LogP contribution in [0.1, 0.15) is 30.1 Å². The number of anilines is 1. The Hall–Kier alpha value is -2.08. The minimum absolute atomic E-state index is 0.202. The summed E-state index contributed by atoms with van der Waals surface area (Å²) in [6, 6.07) is 4.68. The molecule has 0 aromatic heterocycles. The molecule has 0 bridgehead atoms. The number of rotatable bonds is 7. The Balaban J connectivity index is 2.96. The van der Waals surface area contributed by atoms with Crippen LogP contribution in [0.2, 0.25) is 0 Å². The van der Waals surface area contributed by atoms with Gasteiger partial charge in [0, 0.05) is 18.5 Å². The second kappa shape index (κ2) is 7.38. The van der Waals surface area contributed by atoms with E-state index in [4.69, 9.17) is 16.2 Å². The van der Waals surface area contributed by atoms with E-state index in [0.717, 1.165) is 6.42 Å². The van der Waals surface area contributed by atoms with Crippen molar-refractivity contribution >= 4 is 17.5 Å². The van der Waals surface area contributed by atoms with Crippen LogP contribution in [-0.2, 0) is 4.79 Å². The summed E-state index contributed by atoms with van der Waals surface area (Å²) in [4.78, 5) is 22.7. The van der Waals surface area contributed by atoms with Gasteiger partial charge in [-0.15, -0.1) is 0 Å². The summed E-state index contributed by atoms with van der Waals surface area (Å²) < 4.78 is 5.50. The summed E-state index contributed by atoms with van der Waals surface area (Å²) in [6.45, 7) is 2.76. The highest BCUT2D eigenvalue weighted by Crippen LogP contribution is 2.26. The van der Waals surface area contributed by atoms with Gasteiger partial charge in [0.05, 0.1) is 12.3 Å². The first kappa shape index (κ1) is 15.0. The Morgan fingerprint density at radius 2 is 2.11 bits per heavy atom. The van der Waals surface area contributed by atoms with E-state index in [1.54, 1.807) is 12.1 Å². The predicted octanol–water partition coefficient (Wildman–Crippen LogP) is 0.862. The maximum Gasteiger partial charge on any atom is 0.248 e. The summed E-state index contributed by atoms with van der Waals surface area (Å²) in [5.74, 6) is -0.279. The number of hydrogen-bond donors (Lipinski definition) is 3. The van der Waals surface area contributed by atoms with Crippen molar-refractivity contribution in [3.05, 3.63) is 23.8 Å². The van der Waals surface area contributed by atoms with Crippen molar-refractivity contribution < 1.29 is 14.3 Å². The second-order valence-corrected chi connectivity index (χ2v) is 4.01. The Kier molecular flexibility index (Phi) is 5.81. The highest BCUT2D eigenvalue weighted by atomic mass is 16.5. The lowest BCUT2D eigenvalue weighted by Crippen LogP contribution is -2.18. The molecule has 0 atom stereocenters. The molecule has 0 heterocycles. The van der Waals surface area contributed by atoms with Gasteiger partial charge in [0.25, 0.3) is 0 Å². The SMILES string of the molecule is CCCOc1ccc(C(N)=O)cc1NC(=O)CCN. The predicted molar refractivity (Wildman–Crippen MR) is 73.0 cm³/mol. The first-order chi connectivity index (χ1) is 9.08. The Morgan fingerprint density at radius 3 is 2.68 bits per heavy atom. The maximum absolute atomic E-state index is 11.6. The van der Waals surface area contributed by atoms with Crippen molar-refractivity contribution in [2.75, 3.05) is 18.5 Å². The molecule has 1 aromatic carbocycles. The number of carbonyl (C=O) groups excluding carboxylic acids is 2. The Bertz CT molecular complexity index is 460. The van der Waals surface area contributed by atoms with Crippen molar-refractivity contribution in [1.29, 1.82) is 0 Å². The van der Waals surface area contributed by atoms with Crippen molar-refractivity contribution in [3.63, 3.8) is 0 Å². The van der Waals surface area contributed by atoms with Gasteiger partial charge in [0.15, 0.2) is 0 Å². The van der Waals surface area contributed by atoms with Gasteiger partial charge < -0.3 is 21.5 Å². The van der Waals surface area contributed by atoms with Crippen LogP contribution in [0, 0.1) is 0 Å². The number of ether oxygens (including phenoxy) is 1. The van der Waals surface area contributed by atoms with E-state index in [1.165, 1.54) is 6.07 Å². The number of primary amides is 1. The van der Waals surface area contributed by atoms with Crippen LogP contribution in [0.3, 0.4) is 0 Å². The standard InChI is InChI=1S/C13H19N3O3/c1-2-7-19-11-4-3-9(13(15)18)8-10(11)16-12(17)5-6-14/h3-4,8H,2,5-7,14H2,1H3,(H2,15,18)(H,16,17). The van der Waals surface area contributed by atoms with Crippen LogP contribution in [0.15, 0.2) is 18.2 Å². The van der Waals surface area contributed by atoms with E-state index in [-0.39, 0.29) is 18.9 Å². The van der Waals surface area contributed by atoms with Gasteiger partial charge in [-0.1, -0.05) is 6.92 Å². The summed E-state index contributed by atoms with van der Waals surface area (Å²) in [6.07, 6.45) is 1.04. The quantitative estimate of drug-likeness (QED) is 0.679. The topological polar surface area (TPSA) is 107 Å². The van der Waals surface area contributed by atoms with E-state index < -0.39 is 5.91 Å². The fraction of sp³-hybridized carbons (Fsp3) is 0.385. The van der Waals surface area contributed by atoms with E-state index >= 15 is 0 Å². The molecule has 19 heavy (non-hydrogen) atoms. The molecule has 0 saturated carbocycles. The van der Waals surface area contributed by atoms with Crippen LogP contribution in [-0.4, -0.2) is 25.0 Å². The molecule has 0 radical (unpaired) electrons. The third-order valence-electron chi connectivity index (χ3n) is 2.37. The molecular formula is C13H19N3O3. The van der Waals surface area contributed by atoms with E-state index in [0.29, 0.717) is 23.6 Å². The zero-order chi connectivity index (χ0) is 14.3. The molecule has 6 nitrogen and oxygen atoms in total. The van der Waals surface area contributed by atoms with Gasteiger partial charge in [0.2, 0.25) is 11.8 Å². The van der Waals surface area contributed by atoms with Gasteiger partial charge in [-0.05, 0) is 24.6 Å². The number of nitrogens with two attached hydrogens (primary N) is 2. The third kappa shape index (κ3) is 4.59. The summed E-state index contributed by atoms with van der Waals surface area (Å²) in [7, 11) is 0. The summed E-state index contributed by atoms with van der Waals surface area (Å²) in [5, 5.41) is 2.66. The number of amides is 2. The van der Waals surface area contributed by atoms with Gasteiger partial charge in [-0.3, -0.25) is 9.59 Å². The molecule has 1 aromatic rings. The average molecular weight is 265 g/mol. The Labute approximate surface area is 112 Å². The van der Waals surface area contributed by atoms with Crippen molar-refractivity contribution in [2.45, 2.75) is 19.8 Å². The number of hydrogen-bond acceptors (Lipinski definition) is 4. The molecule has 0 aliphatic heterocycles. The minimum atomic E-state index is -0.559. The van der Waals surface area contributed by atoms with Gasteiger partial charge in [-0.25, -0.2) is 0 Å². The first-order valence-corrected chi connectivity index (χ1v) is 6.15. The molecule has 0 spiro atoms. The smallest absolute Gasteiger partial charge is 0.248 e. The molecule has 0 aliphatic carbocycles. The average Bonchev–Trinajstić information content (AvgIpc) is 2.37. The number of benzene rings is 1. The maximum atomic E-state index is 11.6. The van der Waals surface area contributed by atoms with E-state index in [9.17, 15) is 9.59 Å². The van der Waals surface area contributed by atoms with Gasteiger partial charge in [0.1, 0.15) is 5.75 Å². The molecule has 1 rings (SSSR count). The van der Waals surface area contributed by atoms with Crippen LogP contribution >= 0.6 is 0 Å². The zero-order valence-corrected chi connectivity index (χ0v) is 10.9. The minimum Gasteiger partial charge on any atom is -0.491 e. The first-order valence-electron chi connectivity index (χ1n) is 6.15. The normalized spacial score (nSPS) is 10.0. The van der Waals surface area contributed by atoms with Crippen LogP contribution in [0.5, 0.6) is 5.75 Å². The Morgan fingerprint density at radius 1 is 1.37 bits per heavy atom. The lowest BCUT2D eigenvalue weighted by molar-refractivity contribution is -0.116.